The highest BCUT2D eigenvalue weighted by Crippen LogP contribution is 2.28. The van der Waals surface area contributed by atoms with E-state index in [0.29, 0.717) is 12.3 Å². The van der Waals surface area contributed by atoms with E-state index in [1.165, 1.54) is 10.8 Å². The number of aromatic hydroxyl groups is 1. The molecule has 0 aliphatic heterocycles. The fourth-order valence-electron chi connectivity index (χ4n) is 3.71. The molecule has 1 aromatic heterocycles. The Morgan fingerprint density at radius 1 is 1.10 bits per heavy atom. The van der Waals surface area contributed by atoms with Crippen LogP contribution in [0, 0.1) is 6.92 Å². The lowest BCUT2D eigenvalue weighted by atomic mass is 10.1. The zero-order valence-electron chi connectivity index (χ0n) is 16.9. The third-order valence-corrected chi connectivity index (χ3v) is 5.36. The van der Waals surface area contributed by atoms with Gasteiger partial charge in [-0.2, -0.15) is 5.10 Å². The Morgan fingerprint density at radius 3 is 2.69 bits per heavy atom. The summed E-state index contributed by atoms with van der Waals surface area (Å²) in [6.07, 6.45) is 1.93. The molecule has 0 bridgehead atoms. The number of aromatic nitrogens is 2. The molecule has 148 valence electrons. The van der Waals surface area contributed by atoms with E-state index in [4.69, 9.17) is 4.74 Å². The smallest absolute Gasteiger partial charge is 0.160 e. The molecule has 5 heteroatoms. The van der Waals surface area contributed by atoms with Crippen molar-refractivity contribution in [1.82, 2.24) is 15.1 Å². The number of rotatable bonds is 6. The summed E-state index contributed by atoms with van der Waals surface area (Å²) >= 11 is 0. The fourth-order valence-corrected chi connectivity index (χ4v) is 3.71. The van der Waals surface area contributed by atoms with Gasteiger partial charge in [0.2, 0.25) is 0 Å². The van der Waals surface area contributed by atoms with Crippen LogP contribution in [0.2, 0.25) is 0 Å². The maximum absolute atomic E-state index is 9.97. The van der Waals surface area contributed by atoms with Gasteiger partial charge in [0.25, 0.3) is 0 Å². The molecule has 5 nitrogen and oxygen atoms in total. The van der Waals surface area contributed by atoms with E-state index in [2.05, 4.69) is 66.7 Å². The molecule has 29 heavy (non-hydrogen) atoms. The minimum absolute atomic E-state index is 0.114. The molecule has 0 unspecified atom stereocenters. The molecule has 0 aliphatic rings. The molecule has 0 radical (unpaired) electrons. The third kappa shape index (κ3) is 3.69. The Hall–Kier alpha value is -3.31. The van der Waals surface area contributed by atoms with Gasteiger partial charge in [0, 0.05) is 29.2 Å². The molecule has 4 rings (SSSR count). The van der Waals surface area contributed by atoms with Crippen LogP contribution in [0.25, 0.3) is 16.5 Å². The molecule has 0 fully saturated rings. The molecule has 2 N–H and O–H groups in total. The Labute approximate surface area is 170 Å². The minimum Gasteiger partial charge on any atom is -0.504 e. The van der Waals surface area contributed by atoms with Crippen molar-refractivity contribution < 1.29 is 9.84 Å². The van der Waals surface area contributed by atoms with Crippen LogP contribution in [-0.4, -0.2) is 22.0 Å². The fraction of sp³-hybridized carbons (Fsp3) is 0.208. The first-order valence-corrected chi connectivity index (χ1v) is 9.70. The van der Waals surface area contributed by atoms with Gasteiger partial charge in [0.05, 0.1) is 19.0 Å². The zero-order valence-corrected chi connectivity index (χ0v) is 16.9. The van der Waals surface area contributed by atoms with Gasteiger partial charge in [-0.3, -0.25) is 0 Å². The molecule has 0 amide bonds. The predicted octanol–water partition coefficient (Wildman–Crippen LogP) is 4.90. The number of fused-ring (bicyclic) bond motifs is 1. The first kappa shape index (κ1) is 19.0. The number of nitrogens with one attached hydrogen (secondary N) is 1. The highest BCUT2D eigenvalue weighted by Gasteiger charge is 2.15. The van der Waals surface area contributed by atoms with Crippen molar-refractivity contribution in [2.75, 3.05) is 7.11 Å². The van der Waals surface area contributed by atoms with Crippen molar-refractivity contribution in [3.05, 3.63) is 83.7 Å². The highest BCUT2D eigenvalue weighted by atomic mass is 16.5. The van der Waals surface area contributed by atoms with Gasteiger partial charge in [-0.05, 0) is 43.0 Å². The predicted molar refractivity (Wildman–Crippen MR) is 116 cm³/mol. The number of hydrogen-bond donors (Lipinski definition) is 2. The first-order valence-electron chi connectivity index (χ1n) is 9.70. The van der Waals surface area contributed by atoms with Crippen molar-refractivity contribution in [3.63, 3.8) is 0 Å². The maximum Gasteiger partial charge on any atom is 0.160 e. The van der Waals surface area contributed by atoms with Gasteiger partial charge in [-0.25, -0.2) is 4.68 Å². The van der Waals surface area contributed by atoms with Crippen LogP contribution in [-0.2, 0) is 6.54 Å². The second kappa shape index (κ2) is 7.97. The van der Waals surface area contributed by atoms with Crippen molar-refractivity contribution in [1.29, 1.82) is 0 Å². The topological polar surface area (TPSA) is 59.3 Å². The SMILES string of the molecule is COc1ccc(CN[C@@H](C)c2cnn(-c3cccc4ccccc34)c2C)cc1O. The van der Waals surface area contributed by atoms with Crippen LogP contribution in [0.5, 0.6) is 11.5 Å². The van der Waals surface area contributed by atoms with Crippen molar-refractivity contribution in [3.8, 4) is 17.2 Å². The molecular weight excluding hydrogens is 362 g/mol. The normalized spacial score (nSPS) is 12.2. The molecule has 3 aromatic carbocycles. The van der Waals surface area contributed by atoms with E-state index in [-0.39, 0.29) is 11.8 Å². The molecule has 1 heterocycles. The summed E-state index contributed by atoms with van der Waals surface area (Å²) in [5.74, 6) is 0.633. The number of benzene rings is 3. The molecule has 0 aliphatic carbocycles. The van der Waals surface area contributed by atoms with Gasteiger partial charge in [-0.1, -0.05) is 42.5 Å². The number of nitrogens with zero attached hydrogens (tertiary/aromatic N) is 2. The van der Waals surface area contributed by atoms with Crippen molar-refractivity contribution in [2.45, 2.75) is 26.4 Å². The quantitative estimate of drug-likeness (QED) is 0.494. The lowest BCUT2D eigenvalue weighted by Crippen LogP contribution is -2.18. The standard InChI is InChI=1S/C24H25N3O2/c1-16(25-14-18-11-12-24(29-3)23(28)13-18)21-15-26-27(17(21)2)22-10-6-8-19-7-4-5-9-20(19)22/h4-13,15-16,25,28H,14H2,1-3H3/t16-/m0/s1. The minimum atomic E-state index is 0.114. The van der Waals surface area contributed by atoms with Gasteiger partial charge >= 0.3 is 0 Å². The summed E-state index contributed by atoms with van der Waals surface area (Å²) < 4.78 is 7.11. The van der Waals surface area contributed by atoms with Gasteiger partial charge in [0.15, 0.2) is 11.5 Å². The number of ether oxygens (including phenoxy) is 1. The third-order valence-electron chi connectivity index (χ3n) is 5.36. The summed E-state index contributed by atoms with van der Waals surface area (Å²) in [6, 6.07) is 20.2. The Morgan fingerprint density at radius 2 is 1.90 bits per heavy atom. The Balaban J connectivity index is 1.56. The van der Waals surface area contributed by atoms with Crippen LogP contribution in [0.1, 0.15) is 29.8 Å². The largest absolute Gasteiger partial charge is 0.504 e. The molecule has 0 spiro atoms. The van der Waals surface area contributed by atoms with Crippen molar-refractivity contribution >= 4 is 10.8 Å². The summed E-state index contributed by atoms with van der Waals surface area (Å²) in [7, 11) is 1.55. The molecule has 0 saturated carbocycles. The Kier molecular flexibility index (Phi) is 5.23. The van der Waals surface area contributed by atoms with Gasteiger partial charge in [0.1, 0.15) is 0 Å². The Bertz CT molecular complexity index is 1140. The molecule has 0 saturated heterocycles. The highest BCUT2D eigenvalue weighted by molar-refractivity contribution is 5.90. The molecule has 4 aromatic rings. The van der Waals surface area contributed by atoms with E-state index >= 15 is 0 Å². The van der Waals surface area contributed by atoms with E-state index in [1.54, 1.807) is 19.2 Å². The molecule has 1 atom stereocenters. The summed E-state index contributed by atoms with van der Waals surface area (Å²) in [5, 5.41) is 20.5. The van der Waals surface area contributed by atoms with E-state index in [0.717, 1.165) is 22.5 Å². The lowest BCUT2D eigenvalue weighted by molar-refractivity contribution is 0.373. The average Bonchev–Trinajstić information content (AvgIpc) is 3.13. The van der Waals surface area contributed by atoms with E-state index in [1.807, 2.05) is 16.9 Å². The lowest BCUT2D eigenvalue weighted by Gasteiger charge is -2.15. The van der Waals surface area contributed by atoms with Crippen LogP contribution in [0.15, 0.2) is 66.9 Å². The van der Waals surface area contributed by atoms with Crippen LogP contribution < -0.4 is 10.1 Å². The number of methoxy groups -OCH3 is 1. The second-order valence-electron chi connectivity index (χ2n) is 7.20. The zero-order chi connectivity index (χ0) is 20.4. The van der Waals surface area contributed by atoms with Crippen molar-refractivity contribution in [2.24, 2.45) is 0 Å². The number of phenolic OH excluding ortho intramolecular Hbond substituents is 1. The first-order chi connectivity index (χ1) is 14.1. The van der Waals surface area contributed by atoms with E-state index in [9.17, 15) is 5.11 Å². The van der Waals surface area contributed by atoms with Crippen LogP contribution in [0.4, 0.5) is 0 Å². The maximum atomic E-state index is 9.97. The number of hydrogen-bond acceptors (Lipinski definition) is 4. The van der Waals surface area contributed by atoms with Crippen LogP contribution in [0.3, 0.4) is 0 Å². The summed E-state index contributed by atoms with van der Waals surface area (Å²) in [6.45, 7) is 4.86. The van der Waals surface area contributed by atoms with E-state index < -0.39 is 0 Å². The van der Waals surface area contributed by atoms with Gasteiger partial charge < -0.3 is 15.2 Å². The van der Waals surface area contributed by atoms with Gasteiger partial charge in [-0.15, -0.1) is 0 Å². The van der Waals surface area contributed by atoms with Crippen LogP contribution >= 0.6 is 0 Å². The monoisotopic (exact) mass is 387 g/mol. The number of phenols is 1. The molecular formula is C24H25N3O2. The summed E-state index contributed by atoms with van der Waals surface area (Å²) in [4.78, 5) is 0. The summed E-state index contributed by atoms with van der Waals surface area (Å²) in [5.41, 5.74) is 4.34. The second-order valence-corrected chi connectivity index (χ2v) is 7.20. The average molecular weight is 387 g/mol.